The van der Waals surface area contributed by atoms with Gasteiger partial charge in [-0.25, -0.2) is 4.98 Å². The van der Waals surface area contributed by atoms with E-state index in [0.717, 1.165) is 16.9 Å². The van der Waals surface area contributed by atoms with Crippen LogP contribution in [0.5, 0.6) is 11.6 Å². The molecule has 1 aromatic heterocycles. The third kappa shape index (κ3) is 2.63. The standard InChI is InChI=1S/C14H16N2O/c1-10-4-3-5-13(11(10)2)17-14-8-12(9-15)6-7-16-14/h3-8H,9,15H2,1-2H3. The molecule has 17 heavy (non-hydrogen) atoms. The highest BCUT2D eigenvalue weighted by Crippen LogP contribution is 2.25. The van der Waals surface area contributed by atoms with Crippen LogP contribution in [0.4, 0.5) is 0 Å². The Bertz CT molecular complexity index is 523. The van der Waals surface area contributed by atoms with E-state index >= 15 is 0 Å². The minimum atomic E-state index is 0.492. The van der Waals surface area contributed by atoms with Crippen LogP contribution in [0.1, 0.15) is 16.7 Å². The lowest BCUT2D eigenvalue weighted by molar-refractivity contribution is 0.458. The Morgan fingerprint density at radius 3 is 2.82 bits per heavy atom. The van der Waals surface area contributed by atoms with Crippen LogP contribution in [0, 0.1) is 13.8 Å². The summed E-state index contributed by atoms with van der Waals surface area (Å²) < 4.78 is 5.77. The summed E-state index contributed by atoms with van der Waals surface area (Å²) in [6.45, 7) is 4.59. The molecule has 88 valence electrons. The maximum atomic E-state index is 5.77. The van der Waals surface area contributed by atoms with E-state index in [1.165, 1.54) is 5.56 Å². The van der Waals surface area contributed by atoms with Crippen molar-refractivity contribution in [3.63, 3.8) is 0 Å². The zero-order valence-electron chi connectivity index (χ0n) is 10.1. The van der Waals surface area contributed by atoms with Gasteiger partial charge in [0.15, 0.2) is 0 Å². The van der Waals surface area contributed by atoms with Gasteiger partial charge in [0, 0.05) is 18.8 Å². The van der Waals surface area contributed by atoms with Crippen LogP contribution in [0.15, 0.2) is 36.5 Å². The Kier molecular flexibility index (Phi) is 3.40. The molecule has 0 unspecified atom stereocenters. The molecule has 0 aliphatic heterocycles. The predicted molar refractivity (Wildman–Crippen MR) is 68.1 cm³/mol. The summed E-state index contributed by atoms with van der Waals surface area (Å²) in [5.74, 6) is 1.42. The third-order valence-electron chi connectivity index (χ3n) is 2.80. The smallest absolute Gasteiger partial charge is 0.219 e. The fraction of sp³-hybridized carbons (Fsp3) is 0.214. The monoisotopic (exact) mass is 228 g/mol. The number of nitrogens with two attached hydrogens (primary N) is 1. The van der Waals surface area contributed by atoms with E-state index in [1.807, 2.05) is 31.2 Å². The molecule has 0 bridgehead atoms. The molecule has 0 spiro atoms. The molecule has 3 nitrogen and oxygen atoms in total. The van der Waals surface area contributed by atoms with Gasteiger partial charge in [-0.05, 0) is 42.7 Å². The van der Waals surface area contributed by atoms with Crippen LogP contribution in [-0.2, 0) is 6.54 Å². The molecule has 0 saturated heterocycles. The van der Waals surface area contributed by atoms with Gasteiger partial charge in [0.25, 0.3) is 0 Å². The van der Waals surface area contributed by atoms with Crippen molar-refractivity contribution >= 4 is 0 Å². The van der Waals surface area contributed by atoms with Crippen molar-refractivity contribution in [2.75, 3.05) is 0 Å². The van der Waals surface area contributed by atoms with Gasteiger partial charge >= 0.3 is 0 Å². The Morgan fingerprint density at radius 2 is 2.06 bits per heavy atom. The number of pyridine rings is 1. The minimum absolute atomic E-state index is 0.492. The van der Waals surface area contributed by atoms with Gasteiger partial charge in [0.2, 0.25) is 5.88 Å². The highest BCUT2D eigenvalue weighted by molar-refractivity contribution is 5.40. The maximum absolute atomic E-state index is 5.77. The highest BCUT2D eigenvalue weighted by atomic mass is 16.5. The van der Waals surface area contributed by atoms with Crippen LogP contribution < -0.4 is 10.5 Å². The second kappa shape index (κ2) is 4.97. The number of nitrogens with zero attached hydrogens (tertiary/aromatic N) is 1. The van der Waals surface area contributed by atoms with Crippen LogP contribution in [0.25, 0.3) is 0 Å². The lowest BCUT2D eigenvalue weighted by atomic mass is 10.1. The molecule has 0 aliphatic carbocycles. The van der Waals surface area contributed by atoms with Gasteiger partial charge < -0.3 is 10.5 Å². The summed E-state index contributed by atoms with van der Waals surface area (Å²) in [6, 6.07) is 9.73. The van der Waals surface area contributed by atoms with E-state index in [4.69, 9.17) is 10.5 Å². The Hall–Kier alpha value is -1.87. The van der Waals surface area contributed by atoms with Crippen molar-refractivity contribution in [3.05, 3.63) is 53.2 Å². The number of hydrogen-bond acceptors (Lipinski definition) is 3. The van der Waals surface area contributed by atoms with Crippen LogP contribution >= 0.6 is 0 Å². The predicted octanol–water partition coefficient (Wildman–Crippen LogP) is 2.95. The van der Waals surface area contributed by atoms with Gasteiger partial charge in [-0.15, -0.1) is 0 Å². The number of rotatable bonds is 3. The molecule has 0 amide bonds. The third-order valence-corrected chi connectivity index (χ3v) is 2.80. The highest BCUT2D eigenvalue weighted by Gasteiger charge is 2.04. The lowest BCUT2D eigenvalue weighted by Crippen LogP contribution is -1.98. The van der Waals surface area contributed by atoms with Crippen LogP contribution in [0.3, 0.4) is 0 Å². The van der Waals surface area contributed by atoms with Crippen molar-refractivity contribution in [3.8, 4) is 11.6 Å². The van der Waals surface area contributed by atoms with E-state index in [0.29, 0.717) is 12.4 Å². The first kappa shape index (κ1) is 11.6. The van der Waals surface area contributed by atoms with Crippen molar-refractivity contribution in [1.29, 1.82) is 0 Å². The van der Waals surface area contributed by atoms with E-state index in [9.17, 15) is 0 Å². The normalized spacial score (nSPS) is 10.3. The zero-order chi connectivity index (χ0) is 12.3. The molecule has 2 N–H and O–H groups in total. The molecule has 3 heteroatoms. The lowest BCUT2D eigenvalue weighted by Gasteiger charge is -2.10. The molecule has 1 heterocycles. The molecular weight excluding hydrogens is 212 g/mol. The number of aryl methyl sites for hydroxylation is 1. The summed E-state index contributed by atoms with van der Waals surface area (Å²) >= 11 is 0. The van der Waals surface area contributed by atoms with Crippen LogP contribution in [-0.4, -0.2) is 4.98 Å². The second-order valence-corrected chi connectivity index (χ2v) is 4.01. The molecule has 0 atom stereocenters. The Labute approximate surface area is 101 Å². The average molecular weight is 228 g/mol. The van der Waals surface area contributed by atoms with Gasteiger partial charge in [0.1, 0.15) is 5.75 Å². The van der Waals surface area contributed by atoms with Gasteiger partial charge in [-0.1, -0.05) is 12.1 Å². The fourth-order valence-electron chi connectivity index (χ4n) is 1.58. The number of hydrogen-bond donors (Lipinski definition) is 1. The quantitative estimate of drug-likeness (QED) is 0.878. The average Bonchev–Trinajstić information content (AvgIpc) is 2.35. The molecule has 0 aliphatic rings. The van der Waals surface area contributed by atoms with E-state index in [2.05, 4.69) is 18.0 Å². The van der Waals surface area contributed by atoms with Crippen molar-refractivity contribution in [2.24, 2.45) is 5.73 Å². The summed E-state index contributed by atoms with van der Waals surface area (Å²) in [4.78, 5) is 4.18. The summed E-state index contributed by atoms with van der Waals surface area (Å²) in [6.07, 6.45) is 1.71. The maximum Gasteiger partial charge on any atom is 0.219 e. The summed E-state index contributed by atoms with van der Waals surface area (Å²) in [5.41, 5.74) is 8.93. The summed E-state index contributed by atoms with van der Waals surface area (Å²) in [5, 5.41) is 0. The van der Waals surface area contributed by atoms with Crippen LogP contribution in [0.2, 0.25) is 0 Å². The van der Waals surface area contributed by atoms with Gasteiger partial charge in [0.05, 0.1) is 0 Å². The van der Waals surface area contributed by atoms with E-state index in [1.54, 1.807) is 6.20 Å². The fourth-order valence-corrected chi connectivity index (χ4v) is 1.58. The first-order valence-corrected chi connectivity index (χ1v) is 5.60. The zero-order valence-corrected chi connectivity index (χ0v) is 10.1. The van der Waals surface area contributed by atoms with Crippen molar-refractivity contribution in [2.45, 2.75) is 20.4 Å². The number of benzene rings is 1. The molecule has 0 radical (unpaired) electrons. The largest absolute Gasteiger partial charge is 0.439 e. The second-order valence-electron chi connectivity index (χ2n) is 4.01. The molecule has 2 rings (SSSR count). The number of ether oxygens (including phenoxy) is 1. The van der Waals surface area contributed by atoms with Gasteiger partial charge in [-0.2, -0.15) is 0 Å². The molecule has 1 aromatic carbocycles. The van der Waals surface area contributed by atoms with Crippen molar-refractivity contribution in [1.82, 2.24) is 4.98 Å². The van der Waals surface area contributed by atoms with Gasteiger partial charge in [-0.3, -0.25) is 0 Å². The Balaban J connectivity index is 2.28. The SMILES string of the molecule is Cc1cccc(Oc2cc(CN)ccn2)c1C. The summed E-state index contributed by atoms with van der Waals surface area (Å²) in [7, 11) is 0. The minimum Gasteiger partial charge on any atom is -0.439 e. The number of aromatic nitrogens is 1. The molecule has 0 saturated carbocycles. The topological polar surface area (TPSA) is 48.1 Å². The first-order chi connectivity index (χ1) is 8.20. The van der Waals surface area contributed by atoms with E-state index < -0.39 is 0 Å². The first-order valence-electron chi connectivity index (χ1n) is 5.60. The van der Waals surface area contributed by atoms with Crippen molar-refractivity contribution < 1.29 is 4.74 Å². The molecule has 2 aromatic rings. The molecule has 0 fully saturated rings. The molecular formula is C14H16N2O. The Morgan fingerprint density at radius 1 is 1.24 bits per heavy atom. The van der Waals surface area contributed by atoms with E-state index in [-0.39, 0.29) is 0 Å².